The van der Waals surface area contributed by atoms with E-state index >= 15 is 0 Å². The number of nitrogen functional groups attached to an aromatic ring is 1. The van der Waals surface area contributed by atoms with Gasteiger partial charge in [0.25, 0.3) is 5.91 Å². The van der Waals surface area contributed by atoms with Crippen LogP contribution < -0.4 is 62.4 Å². The molecule has 6 heterocycles. The molecule has 0 saturated heterocycles. The first-order chi connectivity index (χ1) is 36.4. The standard InChI is InChI=1S/C16H13FN4O2.C10H10FN3.C8H9NO3.C6H5BrNO3.C6H5NO3.C2H3.BF3.K/c1-2-14-7-15(20-23-14)16(22)19-13-8-18-21(10-13)9-11-4-3-5-12(17)6-11;11-9-3-1-2-8(4-9)6-14-7-10(12)5-13-14;1-3-6-5-7(9-12-6)8(10)11-4-2;1-2-10-6(9)4-3-5(7)11-8-4;1-2-4-3-5(6(8)9)7-10-4;1-2;2-1(3)4;/h2-8,10H,1,9H2,(H,19,22);1-5,7H,6,12H2;3,5H,1,4H2,2H3;3H,1-2H2;2-3H,1H2,(H,8,9);1H,2H2;;/q;;;+1;;-1;;+1. The number of rotatable bonds is 14. The summed E-state index contributed by atoms with van der Waals surface area (Å²) in [7, 11) is -3.67. The first kappa shape index (κ1) is 67.1. The van der Waals surface area contributed by atoms with Crippen LogP contribution in [0.2, 0.25) is 0 Å². The van der Waals surface area contributed by atoms with Gasteiger partial charge in [-0.15, -0.1) is 0 Å². The quantitative estimate of drug-likeness (QED) is 0.0426. The van der Waals surface area contributed by atoms with Crippen molar-refractivity contribution in [1.29, 1.82) is 0 Å². The van der Waals surface area contributed by atoms with Crippen molar-refractivity contribution < 1.29 is 125 Å². The summed E-state index contributed by atoms with van der Waals surface area (Å²) in [5, 5.41) is 32.9. The number of nitrogens with zero attached hydrogens (tertiary/aromatic N) is 8. The topological polar surface area (TPSA) is 285 Å². The Morgan fingerprint density at radius 3 is 1.60 bits per heavy atom. The first-order valence-corrected chi connectivity index (χ1v) is 21.9. The predicted molar refractivity (Wildman–Crippen MR) is 269 cm³/mol. The number of carboxylic acids is 1. The van der Waals surface area contributed by atoms with Crippen LogP contribution in [0.3, 0.4) is 0 Å². The minimum absolute atomic E-state index is 0. The summed E-state index contributed by atoms with van der Waals surface area (Å²) >= 11 is 3.00. The number of hydrogen-bond acceptors (Lipinski definition) is 17. The van der Waals surface area contributed by atoms with Crippen molar-refractivity contribution in [3.63, 3.8) is 0 Å². The maximum atomic E-state index is 13.2. The van der Waals surface area contributed by atoms with Crippen molar-refractivity contribution in [3.8, 4) is 0 Å². The third-order valence-electron chi connectivity index (χ3n) is 8.06. The molecule has 1 amide bonds. The number of amides is 1. The fraction of sp³-hybridized carbons (Fsp3) is 0.104. The molecule has 77 heavy (non-hydrogen) atoms. The summed E-state index contributed by atoms with van der Waals surface area (Å²) < 4.78 is 86.6. The zero-order chi connectivity index (χ0) is 56.6. The second-order valence-electron chi connectivity index (χ2n) is 13.5. The number of hydrogen-bond donors (Lipinski definition) is 3. The predicted octanol–water partition coefficient (Wildman–Crippen LogP) is 7.03. The molecular formula is C48H45BBrF5KN10O11+. The van der Waals surface area contributed by atoms with Gasteiger partial charge in [-0.1, -0.05) is 64.6 Å². The molecule has 0 fully saturated rings. The molecule has 4 N–H and O–H groups in total. The summed E-state index contributed by atoms with van der Waals surface area (Å²) in [6.45, 7) is 23.8. The number of ether oxygens (including phenoxy) is 2. The van der Waals surface area contributed by atoms with Crippen molar-refractivity contribution in [2.45, 2.75) is 20.0 Å². The maximum absolute atomic E-state index is 13.2. The van der Waals surface area contributed by atoms with E-state index in [0.29, 0.717) is 53.0 Å². The molecule has 398 valence electrons. The van der Waals surface area contributed by atoms with E-state index in [0.717, 1.165) is 11.1 Å². The minimum atomic E-state index is -3.67. The normalized spacial score (nSPS) is 9.44. The van der Waals surface area contributed by atoms with Crippen molar-refractivity contribution in [1.82, 2.24) is 40.2 Å². The third-order valence-corrected chi connectivity index (χ3v) is 8.43. The molecule has 0 spiro atoms. The van der Waals surface area contributed by atoms with Gasteiger partial charge in [-0.05, 0) is 76.5 Å². The number of esters is 2. The van der Waals surface area contributed by atoms with E-state index in [2.05, 4.69) is 106 Å². The summed E-state index contributed by atoms with van der Waals surface area (Å²) in [5.74, 6) is -1.82. The second kappa shape index (κ2) is 36.9. The molecule has 21 nitrogen and oxygen atoms in total. The van der Waals surface area contributed by atoms with Gasteiger partial charge in [-0.25, -0.2) is 23.2 Å². The molecule has 2 aromatic carbocycles. The summed E-state index contributed by atoms with van der Waals surface area (Å²) in [4.78, 5) is 44.0. The van der Waals surface area contributed by atoms with E-state index in [9.17, 15) is 40.9 Å². The van der Waals surface area contributed by atoms with Gasteiger partial charge in [-0.3, -0.25) is 33.7 Å². The van der Waals surface area contributed by atoms with Gasteiger partial charge < -0.3 is 50.3 Å². The van der Waals surface area contributed by atoms with Crippen LogP contribution in [0.25, 0.3) is 18.2 Å². The number of nitrogens with one attached hydrogen (secondary N) is 1. The first-order valence-electron chi connectivity index (χ1n) is 21.1. The third kappa shape index (κ3) is 26.4. The largest absolute Gasteiger partial charge is 1.00 e. The van der Waals surface area contributed by atoms with Crippen LogP contribution in [0.1, 0.15) is 77.3 Å². The van der Waals surface area contributed by atoms with Crippen LogP contribution in [0.4, 0.5) is 33.1 Å². The monoisotopic (exact) mass is 1160 g/mol. The minimum Gasteiger partial charge on any atom is -0.521 e. The fourth-order valence-corrected chi connectivity index (χ4v) is 5.29. The van der Waals surface area contributed by atoms with Gasteiger partial charge in [0.1, 0.15) is 18.6 Å². The van der Waals surface area contributed by atoms with Gasteiger partial charge in [0.15, 0.2) is 40.1 Å². The van der Waals surface area contributed by atoms with Gasteiger partial charge in [0.2, 0.25) is 11.3 Å². The fourth-order valence-electron chi connectivity index (χ4n) is 5.00. The Hall–Kier alpha value is -7.96. The molecule has 0 unspecified atom stereocenters. The Balaban J connectivity index is 0.000000484. The van der Waals surface area contributed by atoms with Gasteiger partial charge in [0, 0.05) is 36.7 Å². The average Bonchev–Trinajstić information content (AvgIpc) is 4.27. The van der Waals surface area contributed by atoms with E-state index in [1.54, 1.807) is 53.1 Å². The van der Waals surface area contributed by atoms with Crippen molar-refractivity contribution in [3.05, 3.63) is 205 Å². The Labute approximate surface area is 487 Å². The molecule has 0 aliphatic rings. The van der Waals surface area contributed by atoms with Crippen molar-refractivity contribution in [2.24, 2.45) is 0 Å². The summed E-state index contributed by atoms with van der Waals surface area (Å²) in [6, 6.07) is 18.4. The SMILES string of the molecule is C=Cc1cc(C(=O)Nc2cnn(Cc3cccc(F)c3)c2)no1.C=Cc1cc(C(=O)O)no1.C=Cc1cc(C(=O)OCC)no1.FB(F)F.Nc1cnn(Cc2cccc(F)c2)c1.[CH-]=C.[CH2+]COC(=O)c1cc(Br)on1.[K+]. The van der Waals surface area contributed by atoms with Crippen LogP contribution in [0, 0.1) is 25.1 Å². The molecule has 0 aliphatic heterocycles. The number of halogens is 6. The maximum Gasteiger partial charge on any atom is 1.00 e. The molecule has 0 aliphatic carbocycles. The summed E-state index contributed by atoms with van der Waals surface area (Å²) in [6.07, 6.45) is 10.8. The smallest absolute Gasteiger partial charge is 0.521 e. The molecule has 0 saturated carbocycles. The Morgan fingerprint density at radius 2 is 1.18 bits per heavy atom. The molecule has 8 rings (SSSR count). The average molecular weight is 1160 g/mol. The van der Waals surface area contributed by atoms with E-state index in [1.165, 1.54) is 73.0 Å². The van der Waals surface area contributed by atoms with Crippen LogP contribution in [0.5, 0.6) is 0 Å². The van der Waals surface area contributed by atoms with Gasteiger partial charge in [0.05, 0.1) is 43.5 Å². The number of carbonyl (C=O) groups excluding carboxylic acids is 3. The summed E-state index contributed by atoms with van der Waals surface area (Å²) in [5.41, 5.74) is 8.63. The number of carboxylic acid groups (broad SMARTS) is 1. The molecule has 29 heteroatoms. The van der Waals surface area contributed by atoms with E-state index < -0.39 is 31.4 Å². The molecule has 8 aromatic rings. The number of aromatic nitrogens is 8. The van der Waals surface area contributed by atoms with Crippen LogP contribution >= 0.6 is 15.9 Å². The second-order valence-corrected chi connectivity index (χ2v) is 14.3. The van der Waals surface area contributed by atoms with Gasteiger partial charge in [-0.2, -0.15) is 10.2 Å². The number of anilines is 2. The van der Waals surface area contributed by atoms with Crippen LogP contribution in [-0.4, -0.2) is 89.9 Å². The number of nitrogens with two attached hydrogens (primary N) is 1. The van der Waals surface area contributed by atoms with Crippen molar-refractivity contribution >= 4 is 76.9 Å². The number of carbonyl (C=O) groups is 4. The van der Waals surface area contributed by atoms with E-state index in [1.807, 2.05) is 6.07 Å². The molecule has 0 bridgehead atoms. The van der Waals surface area contributed by atoms with E-state index in [4.69, 9.17) is 24.6 Å². The van der Waals surface area contributed by atoms with E-state index in [-0.39, 0.29) is 92.4 Å². The van der Waals surface area contributed by atoms with Crippen LogP contribution in [-0.2, 0) is 22.6 Å². The molecular weight excluding hydrogens is 1120 g/mol. The zero-order valence-electron chi connectivity index (χ0n) is 40.9. The molecule has 0 radical (unpaired) electrons. The van der Waals surface area contributed by atoms with Crippen molar-refractivity contribution in [2.75, 3.05) is 24.3 Å². The number of benzene rings is 2. The van der Waals surface area contributed by atoms with Gasteiger partial charge >= 0.3 is 76.8 Å². The molecule has 6 aromatic heterocycles. The Bertz CT molecular complexity index is 3090. The molecule has 0 atom stereocenters. The Morgan fingerprint density at radius 1 is 0.740 bits per heavy atom. The number of aromatic carboxylic acids is 1. The van der Waals surface area contributed by atoms with Crippen LogP contribution in [0.15, 0.2) is 147 Å². The Kier molecular flexibility index (Phi) is 32.1. The zero-order valence-corrected chi connectivity index (χ0v) is 45.6.